The van der Waals surface area contributed by atoms with Crippen molar-refractivity contribution in [1.82, 2.24) is 14.8 Å². The van der Waals surface area contributed by atoms with Gasteiger partial charge in [-0.3, -0.25) is 4.79 Å². The van der Waals surface area contributed by atoms with Crippen LogP contribution in [0, 0.1) is 6.92 Å². The molecule has 0 radical (unpaired) electrons. The molecule has 146 valence electrons. The van der Waals surface area contributed by atoms with Crippen LogP contribution in [-0.2, 0) is 16.6 Å². The zero-order valence-electron chi connectivity index (χ0n) is 15.8. The number of carbonyl (C=O) groups excluding carboxylic acids is 2. The number of ether oxygens (including phenoxy) is 1. The SMILES string of the molecule is CCOC(=O)c1cc(C)sc1NC(=O)CSc1nnc(-c2ccccc2)n1C. The molecule has 0 aliphatic carbocycles. The van der Waals surface area contributed by atoms with E-state index in [0.29, 0.717) is 15.7 Å². The topological polar surface area (TPSA) is 86.1 Å². The van der Waals surface area contributed by atoms with Crippen molar-refractivity contribution in [1.29, 1.82) is 0 Å². The Morgan fingerprint density at radius 2 is 2.00 bits per heavy atom. The second kappa shape index (κ2) is 9.03. The van der Waals surface area contributed by atoms with Gasteiger partial charge in [0.1, 0.15) is 5.00 Å². The highest BCUT2D eigenvalue weighted by Gasteiger charge is 2.19. The van der Waals surface area contributed by atoms with Crippen LogP contribution in [0.2, 0.25) is 0 Å². The lowest BCUT2D eigenvalue weighted by molar-refractivity contribution is -0.113. The van der Waals surface area contributed by atoms with E-state index in [2.05, 4.69) is 15.5 Å². The van der Waals surface area contributed by atoms with Crippen molar-refractivity contribution in [2.45, 2.75) is 19.0 Å². The predicted octanol–water partition coefficient (Wildman–Crippen LogP) is 3.76. The normalized spacial score (nSPS) is 10.7. The minimum atomic E-state index is -0.435. The van der Waals surface area contributed by atoms with E-state index in [1.165, 1.54) is 23.1 Å². The van der Waals surface area contributed by atoms with Crippen LogP contribution >= 0.6 is 23.1 Å². The lowest BCUT2D eigenvalue weighted by Gasteiger charge is -2.06. The van der Waals surface area contributed by atoms with Crippen molar-refractivity contribution in [3.63, 3.8) is 0 Å². The molecule has 0 aliphatic rings. The first kappa shape index (κ1) is 20.1. The third-order valence-electron chi connectivity index (χ3n) is 3.80. The molecule has 2 aromatic heterocycles. The van der Waals surface area contributed by atoms with Gasteiger partial charge in [0.25, 0.3) is 0 Å². The number of rotatable bonds is 7. The van der Waals surface area contributed by atoms with Crippen molar-refractivity contribution in [2.75, 3.05) is 17.7 Å². The Labute approximate surface area is 171 Å². The first-order chi connectivity index (χ1) is 13.5. The van der Waals surface area contributed by atoms with Crippen LogP contribution in [0.25, 0.3) is 11.4 Å². The van der Waals surface area contributed by atoms with Crippen LogP contribution in [0.1, 0.15) is 22.2 Å². The maximum Gasteiger partial charge on any atom is 0.341 e. The Morgan fingerprint density at radius 1 is 1.25 bits per heavy atom. The Balaban J connectivity index is 1.64. The zero-order chi connectivity index (χ0) is 20.1. The lowest BCUT2D eigenvalue weighted by Crippen LogP contribution is -2.16. The van der Waals surface area contributed by atoms with Crippen LogP contribution in [0.3, 0.4) is 0 Å². The summed E-state index contributed by atoms with van der Waals surface area (Å²) >= 11 is 2.63. The largest absolute Gasteiger partial charge is 0.462 e. The summed E-state index contributed by atoms with van der Waals surface area (Å²) in [7, 11) is 1.87. The standard InChI is InChI=1S/C19H20N4O3S2/c1-4-26-18(25)14-10-12(2)28-17(14)20-15(24)11-27-19-22-21-16(23(19)3)13-8-6-5-7-9-13/h5-10H,4,11H2,1-3H3,(H,20,24). The third kappa shape index (κ3) is 4.60. The molecule has 0 fully saturated rings. The maximum absolute atomic E-state index is 12.4. The number of aromatic nitrogens is 3. The Bertz CT molecular complexity index is 982. The number of thiophene rings is 1. The summed E-state index contributed by atoms with van der Waals surface area (Å²) in [6, 6.07) is 11.5. The van der Waals surface area contributed by atoms with Crippen molar-refractivity contribution >= 4 is 40.0 Å². The van der Waals surface area contributed by atoms with Crippen LogP contribution < -0.4 is 5.32 Å². The highest BCUT2D eigenvalue weighted by molar-refractivity contribution is 7.99. The molecule has 28 heavy (non-hydrogen) atoms. The lowest BCUT2D eigenvalue weighted by atomic mass is 10.2. The molecule has 9 heteroatoms. The van der Waals surface area contributed by atoms with Gasteiger partial charge >= 0.3 is 5.97 Å². The van der Waals surface area contributed by atoms with Crippen LogP contribution in [0.15, 0.2) is 41.6 Å². The zero-order valence-corrected chi connectivity index (χ0v) is 17.4. The Kier molecular flexibility index (Phi) is 6.48. The summed E-state index contributed by atoms with van der Waals surface area (Å²) in [6.45, 7) is 3.91. The van der Waals surface area contributed by atoms with Crippen molar-refractivity contribution < 1.29 is 14.3 Å². The van der Waals surface area contributed by atoms with Gasteiger partial charge in [0.15, 0.2) is 11.0 Å². The summed E-state index contributed by atoms with van der Waals surface area (Å²) in [5.74, 6) is 0.235. The smallest absolute Gasteiger partial charge is 0.341 e. The third-order valence-corrected chi connectivity index (χ3v) is 5.79. The predicted molar refractivity (Wildman–Crippen MR) is 111 cm³/mol. The first-order valence-electron chi connectivity index (χ1n) is 8.64. The number of thioether (sulfide) groups is 1. The number of nitrogens with zero attached hydrogens (tertiary/aromatic N) is 3. The van der Waals surface area contributed by atoms with Crippen molar-refractivity contribution in [3.8, 4) is 11.4 Å². The highest BCUT2D eigenvalue weighted by atomic mass is 32.2. The quantitative estimate of drug-likeness (QED) is 0.466. The summed E-state index contributed by atoms with van der Waals surface area (Å²) in [5.41, 5.74) is 1.34. The van der Waals surface area contributed by atoms with Gasteiger partial charge in [-0.2, -0.15) is 0 Å². The van der Waals surface area contributed by atoms with E-state index in [1.54, 1.807) is 13.0 Å². The molecule has 0 saturated heterocycles. The number of hydrogen-bond donors (Lipinski definition) is 1. The van der Waals surface area contributed by atoms with E-state index in [1.807, 2.05) is 48.9 Å². The number of hydrogen-bond acceptors (Lipinski definition) is 7. The van der Waals surface area contributed by atoms with Crippen LogP contribution in [0.4, 0.5) is 5.00 Å². The second-order valence-corrected chi connectivity index (χ2v) is 8.09. The number of esters is 1. The molecule has 1 amide bonds. The molecule has 7 nitrogen and oxygen atoms in total. The van der Waals surface area contributed by atoms with E-state index in [9.17, 15) is 9.59 Å². The Morgan fingerprint density at radius 3 is 2.71 bits per heavy atom. The van der Waals surface area contributed by atoms with Gasteiger partial charge in [-0.25, -0.2) is 4.79 Å². The van der Waals surface area contributed by atoms with E-state index < -0.39 is 5.97 Å². The summed E-state index contributed by atoms with van der Waals surface area (Å²) in [5, 5.41) is 12.3. The molecule has 1 aromatic carbocycles. The van der Waals surface area contributed by atoms with Gasteiger partial charge in [0, 0.05) is 17.5 Å². The number of benzene rings is 1. The Hall–Kier alpha value is -2.65. The number of carbonyl (C=O) groups is 2. The van der Waals surface area contributed by atoms with Gasteiger partial charge < -0.3 is 14.6 Å². The monoisotopic (exact) mass is 416 g/mol. The van der Waals surface area contributed by atoms with E-state index >= 15 is 0 Å². The molecule has 2 heterocycles. The van der Waals surface area contributed by atoms with Gasteiger partial charge in [-0.15, -0.1) is 21.5 Å². The number of nitrogens with one attached hydrogen (secondary N) is 1. The molecule has 0 saturated carbocycles. The molecule has 0 unspecified atom stereocenters. The molecule has 0 aliphatic heterocycles. The van der Waals surface area contributed by atoms with Crippen LogP contribution in [-0.4, -0.2) is 39.0 Å². The number of aryl methyl sites for hydroxylation is 1. The second-order valence-electron chi connectivity index (χ2n) is 5.89. The average Bonchev–Trinajstić information content (AvgIpc) is 3.23. The molecule has 1 N–H and O–H groups in total. The fourth-order valence-electron chi connectivity index (χ4n) is 2.54. The molecule has 0 atom stereocenters. The summed E-state index contributed by atoms with van der Waals surface area (Å²) in [6.07, 6.45) is 0. The van der Waals surface area contributed by atoms with Crippen molar-refractivity contribution in [3.05, 3.63) is 46.8 Å². The molecule has 0 bridgehead atoms. The fraction of sp³-hybridized carbons (Fsp3) is 0.263. The first-order valence-corrected chi connectivity index (χ1v) is 10.4. The van der Waals surface area contributed by atoms with E-state index in [4.69, 9.17) is 4.74 Å². The number of amides is 1. The molecule has 3 aromatic rings. The van der Waals surface area contributed by atoms with Gasteiger partial charge in [-0.05, 0) is 19.9 Å². The van der Waals surface area contributed by atoms with Gasteiger partial charge in [0.05, 0.1) is 17.9 Å². The minimum Gasteiger partial charge on any atom is -0.462 e. The summed E-state index contributed by atoms with van der Waals surface area (Å²) < 4.78 is 6.90. The molecule has 3 rings (SSSR count). The number of anilines is 1. The molecule has 0 spiro atoms. The highest BCUT2D eigenvalue weighted by Crippen LogP contribution is 2.29. The summed E-state index contributed by atoms with van der Waals surface area (Å²) in [4.78, 5) is 25.3. The fourth-order valence-corrected chi connectivity index (χ4v) is 4.17. The minimum absolute atomic E-state index is 0.153. The van der Waals surface area contributed by atoms with E-state index in [-0.39, 0.29) is 18.3 Å². The van der Waals surface area contributed by atoms with Gasteiger partial charge in [0.2, 0.25) is 5.91 Å². The van der Waals surface area contributed by atoms with Gasteiger partial charge in [-0.1, -0.05) is 42.1 Å². The maximum atomic E-state index is 12.4. The van der Waals surface area contributed by atoms with Crippen LogP contribution in [0.5, 0.6) is 0 Å². The van der Waals surface area contributed by atoms with E-state index in [0.717, 1.165) is 16.3 Å². The van der Waals surface area contributed by atoms with Crippen molar-refractivity contribution in [2.24, 2.45) is 7.05 Å². The molecular weight excluding hydrogens is 396 g/mol. The molecular formula is C19H20N4O3S2. The average molecular weight is 417 g/mol.